The van der Waals surface area contributed by atoms with Gasteiger partial charge in [0, 0.05) is 6.42 Å². The predicted molar refractivity (Wildman–Crippen MR) is 69.1 cm³/mol. The molecule has 1 atom stereocenters. The standard InChI is InChI=1S/C14H24F6O/c1-2-3-4-5-6-7-11-21-14(19,20)12(15)9-8-10-13(16,17)18/h12H,2-11H2,1H3. The van der Waals surface area contributed by atoms with Crippen LogP contribution in [0.15, 0.2) is 0 Å². The molecule has 1 nitrogen and oxygen atoms in total. The van der Waals surface area contributed by atoms with E-state index in [9.17, 15) is 26.3 Å². The van der Waals surface area contributed by atoms with Crippen LogP contribution in [0.1, 0.15) is 64.7 Å². The van der Waals surface area contributed by atoms with Gasteiger partial charge in [-0.05, 0) is 19.3 Å². The van der Waals surface area contributed by atoms with Crippen LogP contribution in [-0.4, -0.2) is 25.1 Å². The largest absolute Gasteiger partial charge is 0.389 e. The van der Waals surface area contributed by atoms with E-state index in [4.69, 9.17) is 0 Å². The van der Waals surface area contributed by atoms with Gasteiger partial charge in [-0.3, -0.25) is 0 Å². The Morgan fingerprint density at radius 3 is 2.00 bits per heavy atom. The molecule has 7 heteroatoms. The average molecular weight is 322 g/mol. The van der Waals surface area contributed by atoms with Crippen molar-refractivity contribution in [3.63, 3.8) is 0 Å². The number of halogens is 6. The highest BCUT2D eigenvalue weighted by Gasteiger charge is 2.41. The summed E-state index contributed by atoms with van der Waals surface area (Å²) in [6, 6.07) is 0. The van der Waals surface area contributed by atoms with Crippen LogP contribution in [0.3, 0.4) is 0 Å². The van der Waals surface area contributed by atoms with Crippen LogP contribution < -0.4 is 0 Å². The third-order valence-electron chi connectivity index (χ3n) is 3.07. The molecule has 21 heavy (non-hydrogen) atoms. The third-order valence-corrected chi connectivity index (χ3v) is 3.07. The molecule has 0 bridgehead atoms. The SMILES string of the molecule is CCCCCCCCOC(F)(F)C(F)CCCC(F)(F)F. The van der Waals surface area contributed by atoms with Gasteiger partial charge in [0.15, 0.2) is 6.17 Å². The summed E-state index contributed by atoms with van der Waals surface area (Å²) in [7, 11) is 0. The Morgan fingerprint density at radius 1 is 0.857 bits per heavy atom. The number of rotatable bonds is 12. The first-order chi connectivity index (χ1) is 9.69. The van der Waals surface area contributed by atoms with Crippen LogP contribution >= 0.6 is 0 Å². The Kier molecular flexibility index (Phi) is 10.1. The first-order valence-electron chi connectivity index (χ1n) is 7.41. The van der Waals surface area contributed by atoms with Crippen LogP contribution in [0.2, 0.25) is 0 Å². The van der Waals surface area contributed by atoms with Gasteiger partial charge in [0.05, 0.1) is 6.61 Å². The van der Waals surface area contributed by atoms with Crippen molar-refractivity contribution >= 4 is 0 Å². The van der Waals surface area contributed by atoms with Gasteiger partial charge < -0.3 is 4.74 Å². The Hall–Kier alpha value is -0.460. The lowest BCUT2D eigenvalue weighted by Gasteiger charge is -2.21. The third kappa shape index (κ3) is 11.8. The lowest BCUT2D eigenvalue weighted by molar-refractivity contribution is -0.275. The fraction of sp³-hybridized carbons (Fsp3) is 1.00. The van der Waals surface area contributed by atoms with Gasteiger partial charge in [-0.1, -0.05) is 39.0 Å². The zero-order chi connectivity index (χ0) is 16.4. The molecule has 0 N–H and O–H groups in total. The van der Waals surface area contributed by atoms with E-state index >= 15 is 0 Å². The molecule has 128 valence electrons. The Bertz CT molecular complexity index is 254. The molecular formula is C14H24F6O. The van der Waals surface area contributed by atoms with Crippen molar-refractivity contribution in [1.82, 2.24) is 0 Å². The van der Waals surface area contributed by atoms with E-state index in [-0.39, 0.29) is 6.61 Å². The fourth-order valence-corrected chi connectivity index (χ4v) is 1.83. The molecule has 0 aliphatic carbocycles. The molecule has 0 rings (SSSR count). The molecule has 0 aromatic carbocycles. The number of alkyl halides is 6. The average Bonchev–Trinajstić information content (AvgIpc) is 2.36. The van der Waals surface area contributed by atoms with Crippen molar-refractivity contribution in [2.24, 2.45) is 0 Å². The summed E-state index contributed by atoms with van der Waals surface area (Å²) in [4.78, 5) is 0. The van der Waals surface area contributed by atoms with Gasteiger partial charge in [0.25, 0.3) is 0 Å². The molecular weight excluding hydrogens is 298 g/mol. The van der Waals surface area contributed by atoms with Gasteiger partial charge >= 0.3 is 12.3 Å². The molecule has 0 saturated carbocycles. The quantitative estimate of drug-likeness (QED) is 0.315. The summed E-state index contributed by atoms with van der Waals surface area (Å²) in [6.07, 6.45) is -8.72. The van der Waals surface area contributed by atoms with Crippen LogP contribution in [0.25, 0.3) is 0 Å². The van der Waals surface area contributed by atoms with Crippen LogP contribution in [0.5, 0.6) is 0 Å². The van der Waals surface area contributed by atoms with Crippen LogP contribution in [-0.2, 0) is 4.74 Å². The van der Waals surface area contributed by atoms with E-state index in [1.54, 1.807) is 0 Å². The van der Waals surface area contributed by atoms with Gasteiger partial charge in [-0.15, -0.1) is 0 Å². The molecule has 0 heterocycles. The highest BCUT2D eigenvalue weighted by atomic mass is 19.4. The maximum Gasteiger partial charge on any atom is 0.389 e. The van der Waals surface area contributed by atoms with E-state index in [0.29, 0.717) is 6.42 Å². The van der Waals surface area contributed by atoms with Crippen molar-refractivity contribution in [3.8, 4) is 0 Å². The Labute approximate surface area is 122 Å². The molecule has 0 aliphatic heterocycles. The Morgan fingerprint density at radius 2 is 1.43 bits per heavy atom. The van der Waals surface area contributed by atoms with Gasteiger partial charge in [0.2, 0.25) is 0 Å². The summed E-state index contributed by atoms with van der Waals surface area (Å²) in [5.74, 6) is 0. The second-order valence-electron chi connectivity index (χ2n) is 5.15. The number of unbranched alkanes of at least 4 members (excludes halogenated alkanes) is 5. The molecule has 0 fully saturated rings. The van der Waals surface area contributed by atoms with Gasteiger partial charge in [-0.2, -0.15) is 22.0 Å². The number of ether oxygens (including phenoxy) is 1. The zero-order valence-corrected chi connectivity index (χ0v) is 12.3. The lowest BCUT2D eigenvalue weighted by atomic mass is 10.1. The van der Waals surface area contributed by atoms with E-state index in [1.165, 1.54) is 0 Å². The second kappa shape index (κ2) is 10.3. The van der Waals surface area contributed by atoms with Crippen molar-refractivity contribution in [2.45, 2.75) is 83.2 Å². The monoisotopic (exact) mass is 322 g/mol. The summed E-state index contributed by atoms with van der Waals surface area (Å²) >= 11 is 0. The molecule has 0 aromatic rings. The molecule has 0 aromatic heterocycles. The highest BCUT2D eigenvalue weighted by molar-refractivity contribution is 4.68. The fourth-order valence-electron chi connectivity index (χ4n) is 1.83. The zero-order valence-electron chi connectivity index (χ0n) is 12.3. The normalized spacial score (nSPS) is 14.4. The minimum Gasteiger partial charge on any atom is -0.318 e. The summed E-state index contributed by atoms with van der Waals surface area (Å²) in [5, 5.41) is 0. The lowest BCUT2D eigenvalue weighted by Crippen LogP contribution is -2.33. The highest BCUT2D eigenvalue weighted by Crippen LogP contribution is 2.30. The molecule has 1 unspecified atom stereocenters. The minimum atomic E-state index is -4.45. The summed E-state index contributed by atoms with van der Waals surface area (Å²) < 4.78 is 79.3. The molecule has 0 radical (unpaired) electrons. The molecule has 0 saturated heterocycles. The van der Waals surface area contributed by atoms with E-state index in [0.717, 1.165) is 32.1 Å². The molecule has 0 amide bonds. The van der Waals surface area contributed by atoms with Crippen molar-refractivity contribution < 1.29 is 31.1 Å². The van der Waals surface area contributed by atoms with E-state index in [1.807, 2.05) is 0 Å². The van der Waals surface area contributed by atoms with Crippen LogP contribution in [0, 0.1) is 0 Å². The van der Waals surface area contributed by atoms with Crippen molar-refractivity contribution in [1.29, 1.82) is 0 Å². The first kappa shape index (κ1) is 20.5. The van der Waals surface area contributed by atoms with Crippen LogP contribution in [0.4, 0.5) is 26.3 Å². The summed E-state index contributed by atoms with van der Waals surface area (Å²) in [6.45, 7) is 1.78. The van der Waals surface area contributed by atoms with Gasteiger partial charge in [-0.25, -0.2) is 4.39 Å². The first-order valence-corrected chi connectivity index (χ1v) is 7.41. The van der Waals surface area contributed by atoms with Crippen molar-refractivity contribution in [2.75, 3.05) is 6.61 Å². The van der Waals surface area contributed by atoms with E-state index in [2.05, 4.69) is 11.7 Å². The molecule has 0 spiro atoms. The number of hydrogen-bond acceptors (Lipinski definition) is 1. The summed E-state index contributed by atoms with van der Waals surface area (Å²) in [5.41, 5.74) is 0. The van der Waals surface area contributed by atoms with Gasteiger partial charge in [0.1, 0.15) is 0 Å². The maximum atomic E-state index is 13.2. The predicted octanol–water partition coefficient (Wildman–Crippen LogP) is 6.03. The molecule has 0 aliphatic rings. The Balaban J connectivity index is 3.74. The number of hydrogen-bond donors (Lipinski definition) is 0. The van der Waals surface area contributed by atoms with E-state index < -0.39 is 37.7 Å². The topological polar surface area (TPSA) is 9.23 Å². The smallest absolute Gasteiger partial charge is 0.318 e. The minimum absolute atomic E-state index is 0.279. The maximum absolute atomic E-state index is 13.2. The second-order valence-corrected chi connectivity index (χ2v) is 5.15. The van der Waals surface area contributed by atoms with Crippen molar-refractivity contribution in [3.05, 3.63) is 0 Å².